The van der Waals surface area contributed by atoms with Gasteiger partial charge in [0.1, 0.15) is 0 Å². The van der Waals surface area contributed by atoms with Gasteiger partial charge in [0.15, 0.2) is 0 Å². The van der Waals surface area contributed by atoms with Gasteiger partial charge in [0.25, 0.3) is 0 Å². The Morgan fingerprint density at radius 1 is 1.23 bits per heavy atom. The van der Waals surface area contributed by atoms with Gasteiger partial charge in [0, 0.05) is 25.7 Å². The first-order valence-corrected chi connectivity index (χ1v) is 8.44. The molecule has 0 bridgehead atoms. The minimum absolute atomic E-state index is 0.128. The quantitative estimate of drug-likeness (QED) is 0.906. The third-order valence-corrected chi connectivity index (χ3v) is 5.13. The standard InChI is InChI=1S/C18H27N3O/c1-14-16(9-6-10-19-14)18(22)21-12-11-20(2)13-17(21)15-7-4-3-5-8-15/h3-5,7-8,14,16-17,19H,6,9-13H2,1-2H3. The minimum atomic E-state index is 0.128. The number of hydrogen-bond donors (Lipinski definition) is 1. The van der Waals surface area contributed by atoms with Gasteiger partial charge in [-0.1, -0.05) is 30.3 Å². The first-order valence-electron chi connectivity index (χ1n) is 8.44. The maximum Gasteiger partial charge on any atom is 0.227 e. The van der Waals surface area contributed by atoms with E-state index in [9.17, 15) is 4.79 Å². The summed E-state index contributed by atoms with van der Waals surface area (Å²) < 4.78 is 0. The van der Waals surface area contributed by atoms with Gasteiger partial charge in [0.2, 0.25) is 5.91 Å². The summed E-state index contributed by atoms with van der Waals surface area (Å²) in [6, 6.07) is 10.9. The third kappa shape index (κ3) is 3.18. The van der Waals surface area contributed by atoms with E-state index >= 15 is 0 Å². The molecule has 2 aliphatic heterocycles. The van der Waals surface area contributed by atoms with Crippen LogP contribution in [0.1, 0.15) is 31.4 Å². The summed E-state index contributed by atoms with van der Waals surface area (Å²) in [5.41, 5.74) is 1.25. The van der Waals surface area contributed by atoms with E-state index in [2.05, 4.69) is 53.4 Å². The Morgan fingerprint density at radius 3 is 2.73 bits per heavy atom. The van der Waals surface area contributed by atoms with Gasteiger partial charge < -0.3 is 15.1 Å². The predicted molar refractivity (Wildman–Crippen MR) is 88.6 cm³/mol. The van der Waals surface area contributed by atoms with Gasteiger partial charge in [-0.2, -0.15) is 0 Å². The monoisotopic (exact) mass is 301 g/mol. The number of benzene rings is 1. The molecule has 0 saturated carbocycles. The lowest BCUT2D eigenvalue weighted by atomic mass is 9.89. The van der Waals surface area contributed by atoms with Gasteiger partial charge in [-0.3, -0.25) is 4.79 Å². The topological polar surface area (TPSA) is 35.6 Å². The molecule has 3 unspecified atom stereocenters. The van der Waals surface area contributed by atoms with Crippen molar-refractivity contribution in [2.24, 2.45) is 5.92 Å². The Hall–Kier alpha value is -1.39. The summed E-state index contributed by atoms with van der Waals surface area (Å²) in [5.74, 6) is 0.463. The molecule has 2 aliphatic rings. The number of amides is 1. The van der Waals surface area contributed by atoms with Crippen LogP contribution in [-0.2, 0) is 4.79 Å². The molecule has 1 amide bonds. The molecule has 3 rings (SSSR count). The number of hydrogen-bond acceptors (Lipinski definition) is 3. The molecular formula is C18H27N3O. The molecule has 4 nitrogen and oxygen atoms in total. The number of nitrogens with one attached hydrogen (secondary N) is 1. The van der Waals surface area contributed by atoms with Gasteiger partial charge >= 0.3 is 0 Å². The van der Waals surface area contributed by atoms with Crippen molar-refractivity contribution in [2.45, 2.75) is 31.8 Å². The Morgan fingerprint density at radius 2 is 2.00 bits per heavy atom. The molecule has 2 saturated heterocycles. The predicted octanol–water partition coefficient (Wildman–Crippen LogP) is 1.89. The first kappa shape index (κ1) is 15.5. The second-order valence-corrected chi connectivity index (χ2v) is 6.71. The van der Waals surface area contributed by atoms with Gasteiger partial charge in [-0.25, -0.2) is 0 Å². The van der Waals surface area contributed by atoms with Crippen molar-refractivity contribution in [3.8, 4) is 0 Å². The maximum absolute atomic E-state index is 13.1. The van der Waals surface area contributed by atoms with Crippen molar-refractivity contribution in [3.05, 3.63) is 35.9 Å². The van der Waals surface area contributed by atoms with Gasteiger partial charge in [0.05, 0.1) is 12.0 Å². The summed E-state index contributed by atoms with van der Waals surface area (Å²) in [5, 5.41) is 3.46. The largest absolute Gasteiger partial charge is 0.333 e. The Bertz CT molecular complexity index is 504. The molecule has 1 aromatic carbocycles. The minimum Gasteiger partial charge on any atom is -0.333 e. The second-order valence-electron chi connectivity index (χ2n) is 6.71. The van der Waals surface area contributed by atoms with E-state index < -0.39 is 0 Å². The van der Waals surface area contributed by atoms with Crippen molar-refractivity contribution in [2.75, 3.05) is 33.2 Å². The number of likely N-dealkylation sites (N-methyl/N-ethyl adjacent to an activating group) is 1. The summed E-state index contributed by atoms with van der Waals surface area (Å²) in [7, 11) is 2.14. The van der Waals surface area contributed by atoms with E-state index in [4.69, 9.17) is 0 Å². The molecular weight excluding hydrogens is 274 g/mol. The van der Waals surface area contributed by atoms with Crippen LogP contribution in [-0.4, -0.2) is 55.0 Å². The van der Waals surface area contributed by atoms with Crippen molar-refractivity contribution in [3.63, 3.8) is 0 Å². The average Bonchev–Trinajstić information content (AvgIpc) is 2.55. The number of carbonyl (C=O) groups excluding carboxylic acids is 1. The second kappa shape index (κ2) is 6.80. The lowest BCUT2D eigenvalue weighted by Gasteiger charge is -2.43. The zero-order chi connectivity index (χ0) is 15.5. The molecule has 22 heavy (non-hydrogen) atoms. The zero-order valence-electron chi connectivity index (χ0n) is 13.7. The van der Waals surface area contributed by atoms with Crippen LogP contribution in [0.25, 0.3) is 0 Å². The molecule has 3 atom stereocenters. The molecule has 0 spiro atoms. The molecule has 2 fully saturated rings. The lowest BCUT2D eigenvalue weighted by molar-refractivity contribution is -0.142. The fourth-order valence-corrected chi connectivity index (χ4v) is 3.74. The van der Waals surface area contributed by atoms with E-state index in [0.717, 1.165) is 39.0 Å². The maximum atomic E-state index is 13.1. The molecule has 120 valence electrons. The summed E-state index contributed by atoms with van der Waals surface area (Å²) >= 11 is 0. The SMILES string of the molecule is CC1NCCCC1C(=O)N1CCN(C)CC1c1ccccc1. The smallest absolute Gasteiger partial charge is 0.227 e. The van der Waals surface area contributed by atoms with Gasteiger partial charge in [-0.05, 0) is 38.9 Å². The van der Waals surface area contributed by atoms with E-state index in [1.807, 2.05) is 6.07 Å². The highest BCUT2D eigenvalue weighted by atomic mass is 16.2. The van der Waals surface area contributed by atoms with E-state index in [0.29, 0.717) is 5.91 Å². The van der Waals surface area contributed by atoms with E-state index in [-0.39, 0.29) is 18.0 Å². The highest BCUT2D eigenvalue weighted by Gasteiger charge is 2.36. The van der Waals surface area contributed by atoms with Crippen LogP contribution < -0.4 is 5.32 Å². The van der Waals surface area contributed by atoms with Crippen LogP contribution in [0, 0.1) is 5.92 Å². The molecule has 1 N–H and O–H groups in total. The molecule has 1 aromatic rings. The first-order chi connectivity index (χ1) is 10.7. The Kier molecular flexibility index (Phi) is 4.79. The highest BCUT2D eigenvalue weighted by molar-refractivity contribution is 5.80. The number of piperazine rings is 1. The zero-order valence-corrected chi connectivity index (χ0v) is 13.7. The normalized spacial score (nSPS) is 30.3. The Labute approximate surface area is 133 Å². The summed E-state index contributed by atoms with van der Waals surface area (Å²) in [4.78, 5) is 17.6. The average molecular weight is 301 g/mol. The molecule has 4 heteroatoms. The Balaban J connectivity index is 1.81. The van der Waals surface area contributed by atoms with Crippen molar-refractivity contribution in [1.29, 1.82) is 0 Å². The van der Waals surface area contributed by atoms with Crippen molar-refractivity contribution >= 4 is 5.91 Å². The molecule has 0 aromatic heterocycles. The van der Waals surface area contributed by atoms with Crippen molar-refractivity contribution in [1.82, 2.24) is 15.1 Å². The van der Waals surface area contributed by atoms with Crippen LogP contribution >= 0.6 is 0 Å². The lowest BCUT2D eigenvalue weighted by Crippen LogP contribution is -2.54. The number of nitrogens with zero attached hydrogens (tertiary/aromatic N) is 2. The van der Waals surface area contributed by atoms with Crippen LogP contribution in [0.2, 0.25) is 0 Å². The highest BCUT2D eigenvalue weighted by Crippen LogP contribution is 2.29. The molecule has 0 aliphatic carbocycles. The molecule has 0 radical (unpaired) electrons. The van der Waals surface area contributed by atoms with Gasteiger partial charge in [-0.15, -0.1) is 0 Å². The van der Waals surface area contributed by atoms with E-state index in [1.54, 1.807) is 0 Å². The van der Waals surface area contributed by atoms with E-state index in [1.165, 1.54) is 5.56 Å². The number of rotatable bonds is 2. The fraction of sp³-hybridized carbons (Fsp3) is 0.611. The van der Waals surface area contributed by atoms with Crippen molar-refractivity contribution < 1.29 is 4.79 Å². The van der Waals surface area contributed by atoms with Crippen LogP contribution in [0.5, 0.6) is 0 Å². The number of carbonyl (C=O) groups is 1. The van der Waals surface area contributed by atoms with Crippen LogP contribution in [0.3, 0.4) is 0 Å². The van der Waals surface area contributed by atoms with Crippen LogP contribution in [0.15, 0.2) is 30.3 Å². The third-order valence-electron chi connectivity index (χ3n) is 5.13. The summed E-state index contributed by atoms with van der Waals surface area (Å²) in [6.07, 6.45) is 2.12. The molecule has 2 heterocycles. The van der Waals surface area contributed by atoms with Crippen LogP contribution in [0.4, 0.5) is 0 Å². The number of piperidine rings is 1. The summed E-state index contributed by atoms with van der Waals surface area (Å²) in [6.45, 7) is 5.90. The fourth-order valence-electron chi connectivity index (χ4n) is 3.74.